The Hall–Kier alpha value is -0.920. The van der Waals surface area contributed by atoms with Gasteiger partial charge in [0.05, 0.1) is 0 Å². The lowest BCUT2D eigenvalue weighted by Gasteiger charge is -2.26. The van der Waals surface area contributed by atoms with E-state index in [1.807, 2.05) is 38.1 Å². The van der Waals surface area contributed by atoms with Crippen molar-refractivity contribution in [3.63, 3.8) is 0 Å². The van der Waals surface area contributed by atoms with Gasteiger partial charge in [0.25, 0.3) is 5.92 Å². The SMILES string of the molecule is CCCC(c1ccc(C)cc1)C(F)(F)CC. The third-order valence-corrected chi connectivity index (χ3v) is 3.04. The van der Waals surface area contributed by atoms with Crippen LogP contribution in [0.25, 0.3) is 0 Å². The lowest BCUT2D eigenvalue weighted by Crippen LogP contribution is -2.25. The second-order valence-corrected chi connectivity index (χ2v) is 4.37. The number of benzene rings is 1. The zero-order chi connectivity index (χ0) is 12.2. The first kappa shape index (κ1) is 13.1. The molecule has 0 aliphatic rings. The fraction of sp³-hybridized carbons (Fsp3) is 0.571. The summed E-state index contributed by atoms with van der Waals surface area (Å²) in [5, 5.41) is 0. The molecule has 0 aliphatic carbocycles. The highest BCUT2D eigenvalue weighted by atomic mass is 19.3. The predicted molar refractivity (Wildman–Crippen MR) is 64.1 cm³/mol. The minimum atomic E-state index is -2.59. The number of hydrogen-bond donors (Lipinski definition) is 0. The van der Waals surface area contributed by atoms with Crippen molar-refractivity contribution in [1.82, 2.24) is 0 Å². The van der Waals surface area contributed by atoms with Crippen molar-refractivity contribution < 1.29 is 8.78 Å². The Morgan fingerprint density at radius 2 is 1.69 bits per heavy atom. The first-order chi connectivity index (χ1) is 7.51. The van der Waals surface area contributed by atoms with Crippen molar-refractivity contribution in [2.75, 3.05) is 0 Å². The second-order valence-electron chi connectivity index (χ2n) is 4.37. The Balaban J connectivity index is 2.97. The fourth-order valence-electron chi connectivity index (χ4n) is 1.96. The van der Waals surface area contributed by atoms with E-state index in [0.717, 1.165) is 17.5 Å². The molecule has 0 aliphatic heterocycles. The highest BCUT2D eigenvalue weighted by molar-refractivity contribution is 5.26. The minimum Gasteiger partial charge on any atom is -0.206 e. The van der Waals surface area contributed by atoms with E-state index in [-0.39, 0.29) is 6.42 Å². The summed E-state index contributed by atoms with van der Waals surface area (Å²) in [4.78, 5) is 0. The molecule has 1 rings (SSSR count). The minimum absolute atomic E-state index is 0.0917. The van der Waals surface area contributed by atoms with Crippen LogP contribution in [0.2, 0.25) is 0 Å². The Morgan fingerprint density at radius 3 is 2.12 bits per heavy atom. The second kappa shape index (κ2) is 5.42. The van der Waals surface area contributed by atoms with Crippen LogP contribution in [0.15, 0.2) is 24.3 Å². The molecule has 0 radical (unpaired) electrons. The van der Waals surface area contributed by atoms with Crippen molar-refractivity contribution in [3.05, 3.63) is 35.4 Å². The summed E-state index contributed by atoms with van der Waals surface area (Å²) in [6, 6.07) is 7.48. The molecule has 0 bridgehead atoms. The molecule has 0 N–H and O–H groups in total. The maximum atomic E-state index is 13.8. The van der Waals surface area contributed by atoms with E-state index in [2.05, 4.69) is 0 Å². The molecule has 1 atom stereocenters. The van der Waals surface area contributed by atoms with Gasteiger partial charge in [0.1, 0.15) is 0 Å². The molecule has 16 heavy (non-hydrogen) atoms. The summed E-state index contributed by atoms with van der Waals surface area (Å²) in [6.07, 6.45) is 1.24. The molecule has 0 spiro atoms. The summed E-state index contributed by atoms with van der Waals surface area (Å²) in [5.41, 5.74) is 1.87. The first-order valence-electron chi connectivity index (χ1n) is 5.95. The highest BCUT2D eigenvalue weighted by Gasteiger charge is 2.37. The molecule has 0 heterocycles. The van der Waals surface area contributed by atoms with Crippen LogP contribution in [0.1, 0.15) is 50.2 Å². The van der Waals surface area contributed by atoms with Crippen molar-refractivity contribution in [1.29, 1.82) is 0 Å². The van der Waals surface area contributed by atoms with E-state index in [9.17, 15) is 8.78 Å². The number of aryl methyl sites for hydroxylation is 1. The molecule has 0 amide bonds. The van der Waals surface area contributed by atoms with Crippen LogP contribution in [-0.2, 0) is 0 Å². The third kappa shape index (κ3) is 3.03. The predicted octanol–water partition coefficient (Wildman–Crippen LogP) is 4.92. The topological polar surface area (TPSA) is 0 Å². The van der Waals surface area contributed by atoms with Crippen LogP contribution >= 0.6 is 0 Å². The van der Waals surface area contributed by atoms with Gasteiger partial charge in [-0.3, -0.25) is 0 Å². The molecule has 1 aromatic carbocycles. The van der Waals surface area contributed by atoms with Crippen LogP contribution in [-0.4, -0.2) is 5.92 Å². The average molecular weight is 226 g/mol. The Labute approximate surface area is 96.7 Å². The molecule has 0 fully saturated rings. The fourth-order valence-corrected chi connectivity index (χ4v) is 1.96. The van der Waals surface area contributed by atoms with Crippen LogP contribution in [0, 0.1) is 6.92 Å². The molecule has 0 nitrogen and oxygen atoms in total. The Morgan fingerprint density at radius 1 is 1.12 bits per heavy atom. The van der Waals surface area contributed by atoms with Gasteiger partial charge in [-0.2, -0.15) is 0 Å². The van der Waals surface area contributed by atoms with E-state index < -0.39 is 11.8 Å². The number of halogens is 2. The third-order valence-electron chi connectivity index (χ3n) is 3.04. The summed E-state index contributed by atoms with van der Waals surface area (Å²) in [7, 11) is 0. The van der Waals surface area contributed by atoms with Crippen molar-refractivity contribution in [2.24, 2.45) is 0 Å². The van der Waals surface area contributed by atoms with Gasteiger partial charge in [-0.25, -0.2) is 8.78 Å². The number of rotatable bonds is 5. The Kier molecular flexibility index (Phi) is 4.45. The van der Waals surface area contributed by atoms with Crippen molar-refractivity contribution in [2.45, 2.75) is 51.9 Å². The Bertz CT molecular complexity index is 314. The van der Waals surface area contributed by atoms with Gasteiger partial charge >= 0.3 is 0 Å². The highest BCUT2D eigenvalue weighted by Crippen LogP contribution is 2.39. The molecule has 1 aromatic rings. The zero-order valence-electron chi connectivity index (χ0n) is 10.3. The number of alkyl halides is 2. The number of hydrogen-bond acceptors (Lipinski definition) is 0. The maximum Gasteiger partial charge on any atom is 0.254 e. The average Bonchev–Trinajstić information content (AvgIpc) is 2.27. The molecule has 2 heteroatoms. The lowest BCUT2D eigenvalue weighted by molar-refractivity contribution is -0.0340. The van der Waals surface area contributed by atoms with Gasteiger partial charge < -0.3 is 0 Å². The molecular formula is C14H20F2. The molecule has 90 valence electrons. The summed E-state index contributed by atoms with van der Waals surface area (Å²) < 4.78 is 27.6. The van der Waals surface area contributed by atoms with Crippen molar-refractivity contribution in [3.8, 4) is 0 Å². The monoisotopic (exact) mass is 226 g/mol. The van der Waals surface area contributed by atoms with Crippen LogP contribution in [0.3, 0.4) is 0 Å². The van der Waals surface area contributed by atoms with Crippen LogP contribution in [0.5, 0.6) is 0 Å². The quantitative estimate of drug-likeness (QED) is 0.668. The largest absolute Gasteiger partial charge is 0.254 e. The lowest BCUT2D eigenvalue weighted by atomic mass is 9.87. The van der Waals surface area contributed by atoms with E-state index in [0.29, 0.717) is 6.42 Å². The standard InChI is InChI=1S/C14H20F2/c1-4-6-13(14(15,16)5-2)12-9-7-11(3)8-10-12/h7-10,13H,4-6H2,1-3H3. The summed E-state index contributed by atoms with van der Waals surface area (Å²) >= 11 is 0. The van der Waals surface area contributed by atoms with E-state index in [4.69, 9.17) is 0 Å². The molecule has 0 saturated heterocycles. The first-order valence-corrected chi connectivity index (χ1v) is 5.95. The molecule has 1 unspecified atom stereocenters. The normalized spacial score (nSPS) is 13.8. The molecule has 0 saturated carbocycles. The van der Waals surface area contributed by atoms with Gasteiger partial charge in [-0.05, 0) is 18.9 Å². The summed E-state index contributed by atoms with van der Waals surface area (Å²) in [5.74, 6) is -3.23. The van der Waals surface area contributed by atoms with Gasteiger partial charge in [0, 0.05) is 12.3 Å². The van der Waals surface area contributed by atoms with Crippen LogP contribution in [0.4, 0.5) is 8.78 Å². The van der Waals surface area contributed by atoms with Gasteiger partial charge in [-0.1, -0.05) is 50.1 Å². The summed E-state index contributed by atoms with van der Waals surface area (Å²) in [6.45, 7) is 5.47. The molecule has 0 aromatic heterocycles. The van der Waals surface area contributed by atoms with E-state index in [1.165, 1.54) is 0 Å². The van der Waals surface area contributed by atoms with E-state index in [1.54, 1.807) is 6.92 Å². The van der Waals surface area contributed by atoms with Gasteiger partial charge in [0.15, 0.2) is 0 Å². The van der Waals surface area contributed by atoms with Gasteiger partial charge in [0.2, 0.25) is 0 Å². The maximum absolute atomic E-state index is 13.8. The van der Waals surface area contributed by atoms with Crippen molar-refractivity contribution >= 4 is 0 Å². The van der Waals surface area contributed by atoms with E-state index >= 15 is 0 Å². The van der Waals surface area contributed by atoms with Gasteiger partial charge in [-0.15, -0.1) is 0 Å². The zero-order valence-corrected chi connectivity index (χ0v) is 10.3. The molecular weight excluding hydrogens is 206 g/mol. The smallest absolute Gasteiger partial charge is 0.206 e. The van der Waals surface area contributed by atoms with Crippen LogP contribution < -0.4 is 0 Å².